The number of carbonyl (C=O) groups is 2. The predicted octanol–water partition coefficient (Wildman–Crippen LogP) is 8.22. The molecule has 0 aliphatic heterocycles. The second-order valence-electron chi connectivity index (χ2n) is 9.35. The number of carboxylic acid groups (broad SMARTS) is 1. The van der Waals surface area contributed by atoms with E-state index in [4.69, 9.17) is 9.47 Å². The second-order valence-corrected chi connectivity index (χ2v) is 9.35. The Morgan fingerprint density at radius 3 is 2.17 bits per heavy atom. The van der Waals surface area contributed by atoms with Gasteiger partial charge in [0.25, 0.3) is 0 Å². The smallest absolute Gasteiger partial charge is 0.478 e. The molecular weight excluding hydrogens is 440 g/mol. The lowest BCUT2D eigenvalue weighted by atomic mass is 9.87. The van der Waals surface area contributed by atoms with Crippen LogP contribution < -0.4 is 9.47 Å². The second kappa shape index (κ2) is 11.7. The van der Waals surface area contributed by atoms with Crippen molar-refractivity contribution in [2.24, 2.45) is 0 Å². The molecule has 0 aliphatic carbocycles. The highest BCUT2D eigenvalue weighted by molar-refractivity contribution is 5.98. The Bertz CT molecular complexity index is 1180. The highest BCUT2D eigenvalue weighted by atomic mass is 16.7. The van der Waals surface area contributed by atoms with Crippen LogP contribution in [-0.4, -0.2) is 17.2 Å². The number of hydrogen-bond acceptors (Lipinski definition) is 4. The van der Waals surface area contributed by atoms with E-state index in [2.05, 4.69) is 20.8 Å². The van der Waals surface area contributed by atoms with Crippen LogP contribution in [0.15, 0.2) is 60.7 Å². The van der Waals surface area contributed by atoms with Gasteiger partial charge in [-0.3, -0.25) is 0 Å². The van der Waals surface area contributed by atoms with E-state index >= 15 is 0 Å². The molecule has 0 aromatic heterocycles. The molecular formula is C30H34O5. The van der Waals surface area contributed by atoms with Crippen LogP contribution in [0.1, 0.15) is 86.3 Å². The van der Waals surface area contributed by atoms with Gasteiger partial charge in [0.2, 0.25) is 0 Å². The summed E-state index contributed by atoms with van der Waals surface area (Å²) < 4.78 is 11.2. The van der Waals surface area contributed by atoms with Crippen LogP contribution >= 0.6 is 0 Å². The average Bonchev–Trinajstić information content (AvgIpc) is 2.82. The van der Waals surface area contributed by atoms with Gasteiger partial charge in [-0.15, -0.1) is 0 Å². The molecule has 3 aromatic rings. The lowest BCUT2D eigenvalue weighted by molar-refractivity contribution is 0.0697. The number of aryl methyl sites for hydroxylation is 1. The van der Waals surface area contributed by atoms with E-state index in [0.29, 0.717) is 22.6 Å². The summed E-state index contributed by atoms with van der Waals surface area (Å²) in [5.74, 6) is -0.0882. The topological polar surface area (TPSA) is 72.8 Å². The van der Waals surface area contributed by atoms with Gasteiger partial charge in [-0.05, 0) is 65.6 Å². The van der Waals surface area contributed by atoms with Gasteiger partial charge in [-0.25, -0.2) is 9.59 Å². The number of hydrogen-bond donors (Lipinski definition) is 1. The van der Waals surface area contributed by atoms with E-state index in [1.54, 1.807) is 30.3 Å². The fourth-order valence-corrected chi connectivity index (χ4v) is 3.98. The summed E-state index contributed by atoms with van der Waals surface area (Å²) in [6.45, 7) is 10.3. The zero-order valence-corrected chi connectivity index (χ0v) is 21.1. The summed E-state index contributed by atoms with van der Waals surface area (Å²) in [6.07, 6.45) is 2.02. The quantitative estimate of drug-likeness (QED) is 0.250. The summed E-state index contributed by atoms with van der Waals surface area (Å²) in [5.41, 5.74) is 4.21. The van der Waals surface area contributed by atoms with Crippen LogP contribution in [-0.2, 0) is 6.42 Å². The zero-order valence-electron chi connectivity index (χ0n) is 21.1. The maximum Gasteiger partial charge on any atom is 0.519 e. The minimum absolute atomic E-state index is 0.0310. The van der Waals surface area contributed by atoms with Crippen LogP contribution in [0.4, 0.5) is 4.79 Å². The van der Waals surface area contributed by atoms with E-state index in [-0.39, 0.29) is 17.4 Å². The molecule has 0 bridgehead atoms. The molecule has 0 saturated heterocycles. The number of rotatable bonds is 9. The van der Waals surface area contributed by atoms with Crippen molar-refractivity contribution in [3.05, 3.63) is 82.9 Å². The van der Waals surface area contributed by atoms with Crippen molar-refractivity contribution in [3.63, 3.8) is 0 Å². The number of carboxylic acids is 1. The molecule has 35 heavy (non-hydrogen) atoms. The maximum atomic E-state index is 12.8. The van der Waals surface area contributed by atoms with E-state index in [9.17, 15) is 14.7 Å². The fourth-order valence-electron chi connectivity index (χ4n) is 3.98. The molecule has 0 heterocycles. The Hall–Kier alpha value is -3.60. The highest BCUT2D eigenvalue weighted by Crippen LogP contribution is 2.42. The molecule has 0 radical (unpaired) electrons. The first-order valence-corrected chi connectivity index (χ1v) is 12.2. The van der Waals surface area contributed by atoms with E-state index in [0.717, 1.165) is 36.0 Å². The van der Waals surface area contributed by atoms with Crippen LogP contribution in [0, 0.1) is 0 Å². The van der Waals surface area contributed by atoms with Gasteiger partial charge in [0, 0.05) is 11.1 Å². The molecule has 1 N–H and O–H groups in total. The summed E-state index contributed by atoms with van der Waals surface area (Å²) in [4.78, 5) is 25.0. The molecule has 0 unspecified atom stereocenters. The molecule has 0 atom stereocenters. The molecule has 184 valence electrons. The monoisotopic (exact) mass is 474 g/mol. The van der Waals surface area contributed by atoms with Gasteiger partial charge in [-0.1, -0.05) is 77.4 Å². The number of ether oxygens (including phenoxy) is 2. The van der Waals surface area contributed by atoms with Crippen molar-refractivity contribution in [2.45, 2.75) is 65.7 Å². The molecule has 0 aliphatic rings. The zero-order chi connectivity index (χ0) is 25.5. The first-order valence-electron chi connectivity index (χ1n) is 12.2. The lowest BCUT2D eigenvalue weighted by Crippen LogP contribution is -2.16. The van der Waals surface area contributed by atoms with Crippen molar-refractivity contribution in [1.82, 2.24) is 0 Å². The normalized spacial score (nSPS) is 11.1. The van der Waals surface area contributed by atoms with Crippen molar-refractivity contribution in [3.8, 4) is 22.6 Å². The van der Waals surface area contributed by atoms with Gasteiger partial charge < -0.3 is 14.6 Å². The summed E-state index contributed by atoms with van der Waals surface area (Å²) in [6, 6.07) is 18.1. The van der Waals surface area contributed by atoms with Crippen LogP contribution in [0.3, 0.4) is 0 Å². The standard InChI is InChI=1S/C30H34O5/c1-6-7-11-21-14-15-24(29(31)32)26(16-21)27-18-22(19(2)3)17-25(20(4)5)28(27)35-30(33)34-23-12-9-8-10-13-23/h8-10,12-20H,6-7,11H2,1-5H3,(H,31,32). The van der Waals surface area contributed by atoms with E-state index in [1.165, 1.54) is 0 Å². The molecule has 0 fully saturated rings. The Morgan fingerprint density at radius 2 is 1.57 bits per heavy atom. The number of carbonyl (C=O) groups excluding carboxylic acids is 1. The largest absolute Gasteiger partial charge is 0.519 e. The van der Waals surface area contributed by atoms with E-state index in [1.807, 2.05) is 44.2 Å². The number of benzene rings is 3. The highest BCUT2D eigenvalue weighted by Gasteiger charge is 2.24. The van der Waals surface area contributed by atoms with Crippen molar-refractivity contribution in [1.29, 1.82) is 0 Å². The lowest BCUT2D eigenvalue weighted by Gasteiger charge is -2.21. The third-order valence-electron chi connectivity index (χ3n) is 5.98. The molecule has 0 spiro atoms. The molecule has 0 amide bonds. The van der Waals surface area contributed by atoms with Gasteiger partial charge in [0.05, 0.1) is 5.56 Å². The first-order chi connectivity index (χ1) is 16.7. The van der Waals surface area contributed by atoms with Gasteiger partial charge in [0.15, 0.2) is 0 Å². The molecule has 0 saturated carbocycles. The Labute approximate surface area is 207 Å². The Kier molecular flexibility index (Phi) is 8.69. The summed E-state index contributed by atoms with van der Waals surface area (Å²) in [7, 11) is 0. The predicted molar refractivity (Wildman–Crippen MR) is 139 cm³/mol. The summed E-state index contributed by atoms with van der Waals surface area (Å²) in [5, 5.41) is 9.99. The van der Waals surface area contributed by atoms with Gasteiger partial charge in [-0.2, -0.15) is 0 Å². The summed E-state index contributed by atoms with van der Waals surface area (Å²) >= 11 is 0. The average molecular weight is 475 g/mol. The fraction of sp³-hybridized carbons (Fsp3) is 0.333. The molecule has 5 heteroatoms. The molecule has 5 nitrogen and oxygen atoms in total. The van der Waals surface area contributed by atoms with Crippen molar-refractivity contribution >= 4 is 12.1 Å². The number of unbranched alkanes of at least 4 members (excludes halogenated alkanes) is 1. The van der Waals surface area contributed by atoms with Crippen molar-refractivity contribution in [2.75, 3.05) is 0 Å². The Morgan fingerprint density at radius 1 is 0.857 bits per heavy atom. The maximum absolute atomic E-state index is 12.8. The van der Waals surface area contributed by atoms with E-state index < -0.39 is 12.1 Å². The number of aromatic carboxylic acids is 1. The first kappa shape index (κ1) is 26.0. The van der Waals surface area contributed by atoms with Gasteiger partial charge >= 0.3 is 12.1 Å². The van der Waals surface area contributed by atoms with Crippen LogP contribution in [0.5, 0.6) is 11.5 Å². The number of para-hydroxylation sites is 1. The minimum Gasteiger partial charge on any atom is -0.478 e. The van der Waals surface area contributed by atoms with Crippen LogP contribution in [0.25, 0.3) is 11.1 Å². The van der Waals surface area contributed by atoms with Crippen LogP contribution in [0.2, 0.25) is 0 Å². The van der Waals surface area contributed by atoms with Crippen molar-refractivity contribution < 1.29 is 24.2 Å². The Balaban J connectivity index is 2.20. The molecule has 3 rings (SSSR count). The SMILES string of the molecule is CCCCc1ccc(C(=O)O)c(-c2cc(C(C)C)cc(C(C)C)c2OC(=O)Oc2ccccc2)c1. The third-order valence-corrected chi connectivity index (χ3v) is 5.98. The minimum atomic E-state index is -1.03. The third kappa shape index (κ3) is 6.50. The van der Waals surface area contributed by atoms with Gasteiger partial charge in [0.1, 0.15) is 11.5 Å². The molecule has 3 aromatic carbocycles.